The molecule has 0 radical (unpaired) electrons. The number of nitrogens with one attached hydrogen (secondary N) is 1. The summed E-state index contributed by atoms with van der Waals surface area (Å²) in [6, 6.07) is 30.0. The number of ether oxygens (including phenoxy) is 1. The average Bonchev–Trinajstić information content (AvgIpc) is 3.56. The third kappa shape index (κ3) is 4.17. The molecule has 4 aromatic rings. The second kappa shape index (κ2) is 9.98. The van der Waals surface area contributed by atoms with Crippen molar-refractivity contribution in [1.82, 2.24) is 0 Å². The Bertz CT molecular complexity index is 1650. The molecule has 9 heteroatoms. The minimum Gasteiger partial charge on any atom is -0.494 e. The molecule has 3 aliphatic heterocycles. The largest absolute Gasteiger partial charge is 0.494 e. The maximum absolute atomic E-state index is 6.25. The van der Waals surface area contributed by atoms with E-state index in [9.17, 15) is 0 Å². The third-order valence-corrected chi connectivity index (χ3v) is 7.77. The number of halogens is 1. The van der Waals surface area contributed by atoms with Crippen molar-refractivity contribution >= 4 is 56.1 Å². The van der Waals surface area contributed by atoms with Gasteiger partial charge in [0, 0.05) is 11.4 Å². The van der Waals surface area contributed by atoms with Crippen LogP contribution in [0.4, 0.5) is 22.7 Å². The lowest BCUT2D eigenvalue weighted by atomic mass is 9.86. The van der Waals surface area contributed by atoms with E-state index in [4.69, 9.17) is 24.2 Å². The van der Waals surface area contributed by atoms with Gasteiger partial charge in [-0.05, 0) is 90.4 Å². The number of para-hydroxylation sites is 3. The lowest BCUT2D eigenvalue weighted by molar-refractivity contribution is 0.340. The Morgan fingerprint density at radius 1 is 0.950 bits per heavy atom. The summed E-state index contributed by atoms with van der Waals surface area (Å²) < 4.78 is 12.6. The van der Waals surface area contributed by atoms with Crippen molar-refractivity contribution in [2.24, 2.45) is 21.0 Å². The number of furan rings is 1. The number of nitrogens with zero attached hydrogens (tertiary/aromatic N) is 5. The van der Waals surface area contributed by atoms with Crippen LogP contribution in [0, 0.1) is 5.92 Å². The van der Waals surface area contributed by atoms with Crippen molar-refractivity contribution in [3.8, 4) is 5.75 Å². The van der Waals surface area contributed by atoms with E-state index in [1.807, 2.05) is 84.7 Å². The monoisotopic (exact) mass is 594 g/mol. The van der Waals surface area contributed by atoms with Crippen molar-refractivity contribution in [3.63, 3.8) is 0 Å². The predicted molar refractivity (Wildman–Crippen MR) is 163 cm³/mol. The molecule has 0 amide bonds. The van der Waals surface area contributed by atoms with Gasteiger partial charge in [0.15, 0.2) is 22.5 Å². The van der Waals surface area contributed by atoms with Gasteiger partial charge in [0.05, 0.1) is 29.6 Å². The number of hydrogen-bond donors (Lipinski definition) is 1. The molecule has 7 rings (SSSR count). The highest BCUT2D eigenvalue weighted by atomic mass is 79.9. The maximum Gasteiger partial charge on any atom is 0.174 e. The van der Waals surface area contributed by atoms with E-state index in [1.165, 1.54) is 0 Å². The summed E-state index contributed by atoms with van der Waals surface area (Å²) in [6.07, 6.45) is -0.278. The van der Waals surface area contributed by atoms with Crippen LogP contribution in [0.25, 0.3) is 0 Å². The van der Waals surface area contributed by atoms with Gasteiger partial charge in [-0.15, -0.1) is 0 Å². The number of rotatable bonds is 5. The molecule has 0 aliphatic carbocycles. The van der Waals surface area contributed by atoms with Crippen molar-refractivity contribution in [2.75, 3.05) is 21.8 Å². The van der Waals surface area contributed by atoms with Crippen LogP contribution >= 0.6 is 15.9 Å². The van der Waals surface area contributed by atoms with E-state index < -0.39 is 0 Å². The fourth-order valence-electron chi connectivity index (χ4n) is 5.65. The highest BCUT2D eigenvalue weighted by Gasteiger charge is 2.51. The fourth-order valence-corrected chi connectivity index (χ4v) is 5.97. The summed E-state index contributed by atoms with van der Waals surface area (Å²) in [5, 5.41) is 10.6. The number of anilines is 3. The molecule has 40 heavy (non-hydrogen) atoms. The summed E-state index contributed by atoms with van der Waals surface area (Å²) in [4.78, 5) is 12.7. The first kappa shape index (κ1) is 24.7. The molecule has 8 nitrogen and oxygen atoms in total. The first-order chi connectivity index (χ1) is 19.6. The van der Waals surface area contributed by atoms with Gasteiger partial charge >= 0.3 is 0 Å². The normalized spacial score (nSPS) is 21.1. The summed E-state index contributed by atoms with van der Waals surface area (Å²) >= 11 is 3.53. The molecular weight excluding hydrogens is 568 g/mol. The highest BCUT2D eigenvalue weighted by Crippen LogP contribution is 2.49. The molecule has 1 N–H and O–H groups in total. The van der Waals surface area contributed by atoms with Gasteiger partial charge in [0.1, 0.15) is 17.6 Å². The fraction of sp³-hybridized carbons (Fsp3) is 0.194. The molecular formula is C31H27BrN6O2. The second-order valence-electron chi connectivity index (χ2n) is 9.80. The van der Waals surface area contributed by atoms with Gasteiger partial charge in [-0.2, -0.15) is 5.10 Å². The van der Waals surface area contributed by atoms with Crippen LogP contribution in [-0.2, 0) is 0 Å². The Labute approximate surface area is 240 Å². The molecule has 200 valence electrons. The van der Waals surface area contributed by atoms with Crippen molar-refractivity contribution < 1.29 is 9.15 Å². The molecule has 0 saturated heterocycles. The number of hydrogen-bond acceptors (Lipinski definition) is 8. The Morgan fingerprint density at radius 3 is 2.48 bits per heavy atom. The predicted octanol–water partition coefficient (Wildman–Crippen LogP) is 7.39. The first-order valence-corrected chi connectivity index (χ1v) is 14.1. The molecule has 0 saturated carbocycles. The van der Waals surface area contributed by atoms with Crippen LogP contribution in [-0.4, -0.2) is 30.2 Å². The molecule has 4 heterocycles. The molecule has 3 unspecified atom stereocenters. The smallest absolute Gasteiger partial charge is 0.174 e. The number of amidine groups is 2. The highest BCUT2D eigenvalue weighted by molar-refractivity contribution is 9.10. The Balaban J connectivity index is 1.39. The van der Waals surface area contributed by atoms with E-state index in [0.717, 1.165) is 45.8 Å². The van der Waals surface area contributed by atoms with Crippen LogP contribution < -0.4 is 20.0 Å². The van der Waals surface area contributed by atoms with Crippen LogP contribution in [0.1, 0.15) is 25.6 Å². The first-order valence-electron chi connectivity index (χ1n) is 13.3. The number of aliphatic imine (C=N–C) groups is 2. The van der Waals surface area contributed by atoms with E-state index in [2.05, 4.69) is 51.3 Å². The quantitative estimate of drug-likeness (QED) is 0.260. The topological polar surface area (TPSA) is 78.0 Å². The van der Waals surface area contributed by atoms with Gasteiger partial charge in [0.2, 0.25) is 0 Å². The molecule has 3 atom stereocenters. The van der Waals surface area contributed by atoms with E-state index in [1.54, 1.807) is 0 Å². The molecule has 1 aromatic heterocycles. The molecule has 0 fully saturated rings. The zero-order valence-corrected chi connectivity index (χ0v) is 23.6. The number of hydrazone groups is 1. The minimum atomic E-state index is -0.278. The molecule has 0 bridgehead atoms. The molecule has 3 aliphatic rings. The zero-order chi connectivity index (χ0) is 27.2. The summed E-state index contributed by atoms with van der Waals surface area (Å²) in [6.45, 7) is 4.67. The minimum absolute atomic E-state index is 0.0557. The standard InChI is InChI=1S/C31H27BrN6O2/c1-3-39-22-15-13-20(14-16-22)33-29-31-35-30-27(19(2)36-38(30)21-9-5-4-6-10-21)28(25-17-18-26(32)40-25)37(31)24-12-8-7-11-23(24)34-29/h4-18,27-28,30H,3H2,1-2H3,(H,33,34). The van der Waals surface area contributed by atoms with E-state index in [-0.39, 0.29) is 18.1 Å². The summed E-state index contributed by atoms with van der Waals surface area (Å²) in [5.41, 5.74) is 4.70. The third-order valence-electron chi connectivity index (χ3n) is 7.34. The van der Waals surface area contributed by atoms with Crippen molar-refractivity contribution in [3.05, 3.63) is 101 Å². The summed E-state index contributed by atoms with van der Waals surface area (Å²) in [7, 11) is 0. The maximum atomic E-state index is 6.25. The van der Waals surface area contributed by atoms with Gasteiger partial charge in [-0.3, -0.25) is 0 Å². The van der Waals surface area contributed by atoms with Crippen LogP contribution in [0.15, 0.2) is 115 Å². The lowest BCUT2D eigenvalue weighted by Gasteiger charge is -2.45. The second-order valence-corrected chi connectivity index (χ2v) is 10.6. The van der Waals surface area contributed by atoms with Crippen molar-refractivity contribution in [2.45, 2.75) is 26.1 Å². The SMILES string of the molecule is CCOc1ccc(NC2=Nc3ccccc3N3C2=NC2C(C(C)=NN2c2ccccc2)C3c2ccc(Br)o2)cc1. The molecule has 3 aromatic carbocycles. The molecule has 0 spiro atoms. The number of benzene rings is 3. The van der Waals surface area contributed by atoms with E-state index >= 15 is 0 Å². The van der Waals surface area contributed by atoms with Crippen LogP contribution in [0.5, 0.6) is 5.75 Å². The summed E-state index contributed by atoms with van der Waals surface area (Å²) in [5.74, 6) is 2.99. The van der Waals surface area contributed by atoms with Gasteiger partial charge in [-0.25, -0.2) is 15.0 Å². The zero-order valence-electron chi connectivity index (χ0n) is 22.0. The Hall–Kier alpha value is -4.37. The Morgan fingerprint density at radius 2 is 1.73 bits per heavy atom. The van der Waals surface area contributed by atoms with Crippen LogP contribution in [0.2, 0.25) is 0 Å². The Kier molecular flexibility index (Phi) is 6.15. The van der Waals surface area contributed by atoms with Gasteiger partial charge < -0.3 is 19.4 Å². The van der Waals surface area contributed by atoms with Crippen LogP contribution in [0.3, 0.4) is 0 Å². The van der Waals surface area contributed by atoms with E-state index in [0.29, 0.717) is 17.1 Å². The van der Waals surface area contributed by atoms with Gasteiger partial charge in [-0.1, -0.05) is 30.3 Å². The van der Waals surface area contributed by atoms with Gasteiger partial charge in [0.25, 0.3) is 0 Å². The van der Waals surface area contributed by atoms with Crippen molar-refractivity contribution in [1.29, 1.82) is 0 Å². The number of fused-ring (bicyclic) bond motifs is 4. The average molecular weight is 596 g/mol. The lowest BCUT2D eigenvalue weighted by Crippen LogP contribution is -2.54.